The smallest absolute Gasteiger partial charge is 0.227 e. The summed E-state index contributed by atoms with van der Waals surface area (Å²) < 4.78 is 5.15. The van der Waals surface area contributed by atoms with Crippen LogP contribution in [0.15, 0.2) is 0 Å². The fourth-order valence-electron chi connectivity index (χ4n) is 1.58. The van der Waals surface area contributed by atoms with Crippen LogP contribution in [0.1, 0.15) is 13.3 Å². The van der Waals surface area contributed by atoms with Crippen molar-refractivity contribution >= 4 is 5.91 Å². The van der Waals surface area contributed by atoms with Gasteiger partial charge in [0.25, 0.3) is 0 Å². The number of ether oxygens (including phenoxy) is 1. The van der Waals surface area contributed by atoms with Gasteiger partial charge in [-0.1, -0.05) is 0 Å². The molecule has 0 aromatic carbocycles. The van der Waals surface area contributed by atoms with Gasteiger partial charge in [-0.15, -0.1) is 0 Å². The summed E-state index contributed by atoms with van der Waals surface area (Å²) in [7, 11) is 1.74. The third-order valence-corrected chi connectivity index (χ3v) is 2.42. The molecule has 1 amide bonds. The van der Waals surface area contributed by atoms with Gasteiger partial charge in [-0.3, -0.25) is 4.79 Å². The summed E-state index contributed by atoms with van der Waals surface area (Å²) in [6.45, 7) is 3.53. The Balaban J connectivity index is 2.40. The van der Waals surface area contributed by atoms with Gasteiger partial charge in [-0.25, -0.2) is 0 Å². The van der Waals surface area contributed by atoms with Crippen molar-refractivity contribution in [1.82, 2.24) is 4.90 Å². The van der Waals surface area contributed by atoms with Gasteiger partial charge >= 0.3 is 0 Å². The van der Waals surface area contributed by atoms with Gasteiger partial charge < -0.3 is 9.64 Å². The largest absolute Gasteiger partial charge is 0.381 e. The molecular weight excluding hydrogens is 180 g/mol. The number of rotatable bonds is 3. The van der Waals surface area contributed by atoms with Gasteiger partial charge in [0.05, 0.1) is 24.5 Å². The monoisotopic (exact) mass is 196 g/mol. The Morgan fingerprint density at radius 2 is 2.50 bits per heavy atom. The average molecular weight is 196 g/mol. The van der Waals surface area contributed by atoms with E-state index in [1.54, 1.807) is 11.9 Å². The highest BCUT2D eigenvalue weighted by Crippen LogP contribution is 2.15. The number of carbonyl (C=O) groups is 1. The van der Waals surface area contributed by atoms with Crippen LogP contribution in [0.5, 0.6) is 0 Å². The molecular formula is C10H16N2O2. The second-order valence-electron chi connectivity index (χ2n) is 3.81. The highest BCUT2D eigenvalue weighted by atomic mass is 16.5. The summed E-state index contributed by atoms with van der Waals surface area (Å²) in [5, 5.41) is 8.62. The number of nitrogens with zero attached hydrogens (tertiary/aromatic N) is 2. The lowest BCUT2D eigenvalue weighted by atomic mass is 10.1. The minimum atomic E-state index is -0.105. The molecule has 2 atom stereocenters. The molecule has 2 unspecified atom stereocenters. The van der Waals surface area contributed by atoms with E-state index in [9.17, 15) is 4.79 Å². The lowest BCUT2D eigenvalue weighted by molar-refractivity contribution is -0.134. The predicted molar refractivity (Wildman–Crippen MR) is 51.3 cm³/mol. The Labute approximate surface area is 84.4 Å². The first kappa shape index (κ1) is 11.0. The zero-order valence-corrected chi connectivity index (χ0v) is 8.69. The Morgan fingerprint density at radius 1 is 1.79 bits per heavy atom. The fourth-order valence-corrected chi connectivity index (χ4v) is 1.58. The van der Waals surface area contributed by atoms with Crippen molar-refractivity contribution in [3.05, 3.63) is 0 Å². The highest BCUT2D eigenvalue weighted by Gasteiger charge is 2.26. The third kappa shape index (κ3) is 2.71. The summed E-state index contributed by atoms with van der Waals surface area (Å²) in [5.41, 5.74) is 0. The van der Waals surface area contributed by atoms with Crippen molar-refractivity contribution in [1.29, 1.82) is 5.26 Å². The minimum absolute atomic E-state index is 0.00546. The van der Waals surface area contributed by atoms with E-state index in [1.165, 1.54) is 0 Å². The number of hydrogen-bond donors (Lipinski definition) is 0. The molecule has 0 spiro atoms. The summed E-state index contributed by atoms with van der Waals surface area (Å²) in [6, 6.07) is 2.12. The number of carbonyl (C=O) groups excluding carboxylic acids is 1. The molecule has 0 radical (unpaired) electrons. The fraction of sp³-hybridized carbons (Fsp3) is 0.800. The van der Waals surface area contributed by atoms with E-state index in [-0.39, 0.29) is 17.7 Å². The predicted octanol–water partition coefficient (Wildman–Crippen LogP) is 0.641. The molecule has 4 heteroatoms. The van der Waals surface area contributed by atoms with Crippen molar-refractivity contribution in [2.45, 2.75) is 13.3 Å². The maximum atomic E-state index is 11.7. The molecule has 1 aliphatic rings. The molecule has 1 fully saturated rings. The van der Waals surface area contributed by atoms with E-state index in [0.717, 1.165) is 6.42 Å². The van der Waals surface area contributed by atoms with Gasteiger partial charge in [-0.05, 0) is 13.3 Å². The quantitative estimate of drug-likeness (QED) is 0.665. The molecule has 0 saturated carbocycles. The lowest BCUT2D eigenvalue weighted by Crippen LogP contribution is -2.35. The van der Waals surface area contributed by atoms with Crippen LogP contribution < -0.4 is 0 Å². The standard InChI is InChI=1S/C10H16N2O2/c1-8(5-11)6-12(2)10(13)9-3-4-14-7-9/h8-9H,3-4,6-7H2,1-2H3. The molecule has 14 heavy (non-hydrogen) atoms. The van der Waals surface area contributed by atoms with E-state index < -0.39 is 0 Å². The summed E-state index contributed by atoms with van der Waals surface area (Å²) in [4.78, 5) is 13.4. The van der Waals surface area contributed by atoms with E-state index in [0.29, 0.717) is 19.8 Å². The normalized spacial score (nSPS) is 22.8. The lowest BCUT2D eigenvalue weighted by Gasteiger charge is -2.21. The van der Waals surface area contributed by atoms with Crippen LogP contribution in [0.4, 0.5) is 0 Å². The van der Waals surface area contributed by atoms with Gasteiger partial charge in [0, 0.05) is 20.2 Å². The van der Waals surface area contributed by atoms with Gasteiger partial charge in [0.15, 0.2) is 0 Å². The Kier molecular flexibility index (Phi) is 3.90. The number of nitriles is 1. The molecule has 0 aromatic rings. The SMILES string of the molecule is CC(C#N)CN(C)C(=O)C1CCOC1. The maximum absolute atomic E-state index is 11.7. The Bertz CT molecular complexity index is 241. The first-order chi connectivity index (χ1) is 6.65. The van der Waals surface area contributed by atoms with E-state index in [4.69, 9.17) is 10.00 Å². The zero-order chi connectivity index (χ0) is 10.6. The van der Waals surface area contributed by atoms with Crippen LogP contribution in [-0.4, -0.2) is 37.6 Å². The van der Waals surface area contributed by atoms with E-state index in [2.05, 4.69) is 6.07 Å². The van der Waals surface area contributed by atoms with Crippen molar-refractivity contribution in [2.24, 2.45) is 11.8 Å². The highest BCUT2D eigenvalue weighted by molar-refractivity contribution is 5.78. The van der Waals surface area contributed by atoms with Gasteiger partial charge in [0.2, 0.25) is 5.91 Å². The molecule has 0 bridgehead atoms. The van der Waals surface area contributed by atoms with Crippen molar-refractivity contribution in [2.75, 3.05) is 26.8 Å². The molecule has 1 saturated heterocycles. The second kappa shape index (κ2) is 4.97. The minimum Gasteiger partial charge on any atom is -0.381 e. The van der Waals surface area contributed by atoms with Crippen LogP contribution >= 0.6 is 0 Å². The zero-order valence-electron chi connectivity index (χ0n) is 8.69. The first-order valence-corrected chi connectivity index (χ1v) is 4.87. The van der Waals surface area contributed by atoms with Crippen molar-refractivity contribution < 1.29 is 9.53 Å². The molecule has 1 heterocycles. The summed E-state index contributed by atoms with van der Waals surface area (Å²) in [6.07, 6.45) is 0.810. The second-order valence-corrected chi connectivity index (χ2v) is 3.81. The van der Waals surface area contributed by atoms with Crippen molar-refractivity contribution in [3.63, 3.8) is 0 Å². The van der Waals surface area contributed by atoms with Crippen LogP contribution in [0.25, 0.3) is 0 Å². The molecule has 78 valence electrons. The number of hydrogen-bond acceptors (Lipinski definition) is 3. The molecule has 0 aliphatic carbocycles. The summed E-state index contributed by atoms with van der Waals surface area (Å²) >= 11 is 0. The third-order valence-electron chi connectivity index (χ3n) is 2.42. The first-order valence-electron chi connectivity index (χ1n) is 4.87. The van der Waals surface area contributed by atoms with E-state index >= 15 is 0 Å². The Hall–Kier alpha value is -1.08. The molecule has 0 N–H and O–H groups in total. The Morgan fingerprint density at radius 3 is 3.00 bits per heavy atom. The summed E-state index contributed by atoms with van der Waals surface area (Å²) in [5.74, 6) is 0.00163. The van der Waals surface area contributed by atoms with Crippen LogP contribution in [-0.2, 0) is 9.53 Å². The topological polar surface area (TPSA) is 53.3 Å². The number of amides is 1. The molecule has 4 nitrogen and oxygen atoms in total. The van der Waals surface area contributed by atoms with Gasteiger partial charge in [-0.2, -0.15) is 5.26 Å². The van der Waals surface area contributed by atoms with Crippen molar-refractivity contribution in [3.8, 4) is 6.07 Å². The van der Waals surface area contributed by atoms with Crippen LogP contribution in [0.2, 0.25) is 0 Å². The molecule has 1 aliphatic heterocycles. The average Bonchev–Trinajstić information content (AvgIpc) is 2.69. The van der Waals surface area contributed by atoms with Crippen LogP contribution in [0, 0.1) is 23.2 Å². The molecule has 1 rings (SSSR count). The van der Waals surface area contributed by atoms with Gasteiger partial charge in [0.1, 0.15) is 0 Å². The molecule has 0 aromatic heterocycles. The van der Waals surface area contributed by atoms with E-state index in [1.807, 2.05) is 6.92 Å². The van der Waals surface area contributed by atoms with Crippen LogP contribution in [0.3, 0.4) is 0 Å². The maximum Gasteiger partial charge on any atom is 0.227 e.